The number of aromatic nitrogens is 2. The van der Waals surface area contributed by atoms with E-state index >= 15 is 0 Å². The van der Waals surface area contributed by atoms with Crippen LogP contribution in [-0.4, -0.2) is 27.7 Å². The Labute approximate surface area is 115 Å². The van der Waals surface area contributed by atoms with E-state index in [-0.39, 0.29) is 23.5 Å². The lowest BCUT2D eigenvalue weighted by molar-refractivity contribution is 0.0724. The summed E-state index contributed by atoms with van der Waals surface area (Å²) in [5.41, 5.74) is 1.67. The monoisotopic (exact) mass is 275 g/mol. The van der Waals surface area contributed by atoms with E-state index in [0.717, 1.165) is 18.4 Å². The zero-order chi connectivity index (χ0) is 14.1. The molecule has 0 spiro atoms. The number of carbonyl (C=O) groups is 1. The van der Waals surface area contributed by atoms with E-state index < -0.39 is 0 Å². The topological polar surface area (TPSA) is 59.2 Å². The predicted octanol–water partition coefficient (Wildman–Crippen LogP) is 2.49. The molecule has 1 saturated heterocycles. The van der Waals surface area contributed by atoms with Crippen molar-refractivity contribution in [1.82, 2.24) is 15.2 Å². The molecule has 1 amide bonds. The molecule has 3 rings (SSSR count). The zero-order valence-electron chi connectivity index (χ0n) is 11.0. The molecular weight excluding hydrogens is 261 g/mol. The van der Waals surface area contributed by atoms with Gasteiger partial charge in [0.25, 0.3) is 5.91 Å². The van der Waals surface area contributed by atoms with E-state index in [4.69, 9.17) is 0 Å². The summed E-state index contributed by atoms with van der Waals surface area (Å²) in [6.07, 6.45) is 1.78. The van der Waals surface area contributed by atoms with Crippen molar-refractivity contribution in [1.29, 1.82) is 0 Å². The van der Waals surface area contributed by atoms with Crippen LogP contribution in [0.1, 0.15) is 40.6 Å². The highest BCUT2D eigenvalue weighted by Gasteiger charge is 2.33. The van der Waals surface area contributed by atoms with Gasteiger partial charge in [0.2, 0.25) is 0 Å². The van der Waals surface area contributed by atoms with Crippen LogP contribution in [0.15, 0.2) is 28.9 Å². The quantitative estimate of drug-likeness (QED) is 0.845. The number of likely N-dealkylation sites (tertiary alicyclic amines) is 1. The first kappa shape index (κ1) is 12.8. The zero-order valence-corrected chi connectivity index (χ0v) is 11.0. The largest absolute Gasteiger partial charge is 0.330 e. The van der Waals surface area contributed by atoms with Crippen molar-refractivity contribution in [2.45, 2.75) is 25.8 Å². The Morgan fingerprint density at radius 2 is 2.10 bits per heavy atom. The molecule has 0 saturated carbocycles. The number of carbonyl (C=O) groups excluding carboxylic acids is 1. The fourth-order valence-electron chi connectivity index (χ4n) is 2.60. The first-order valence-corrected chi connectivity index (χ1v) is 6.52. The molecule has 1 atom stereocenters. The summed E-state index contributed by atoms with van der Waals surface area (Å²) < 4.78 is 17.6. The van der Waals surface area contributed by atoms with Gasteiger partial charge in [0.1, 0.15) is 11.5 Å². The number of hydrogen-bond acceptors (Lipinski definition) is 4. The maximum atomic E-state index is 13.0. The number of benzene rings is 1. The summed E-state index contributed by atoms with van der Waals surface area (Å²) in [6.45, 7) is 2.35. The number of rotatable bonds is 2. The molecule has 0 N–H and O–H groups in total. The van der Waals surface area contributed by atoms with Gasteiger partial charge in [-0.15, -0.1) is 0 Å². The number of halogens is 1. The van der Waals surface area contributed by atoms with Crippen LogP contribution in [0.4, 0.5) is 4.39 Å². The molecule has 1 unspecified atom stereocenters. The maximum absolute atomic E-state index is 13.0. The van der Waals surface area contributed by atoms with Gasteiger partial charge in [0, 0.05) is 6.54 Å². The second-order valence-electron chi connectivity index (χ2n) is 4.91. The molecule has 1 aliphatic rings. The van der Waals surface area contributed by atoms with Gasteiger partial charge < -0.3 is 4.90 Å². The molecule has 1 aromatic carbocycles. The first-order chi connectivity index (χ1) is 9.66. The van der Waals surface area contributed by atoms with E-state index in [1.807, 2.05) is 0 Å². The minimum Gasteiger partial charge on any atom is -0.330 e. The van der Waals surface area contributed by atoms with Crippen molar-refractivity contribution < 1.29 is 13.8 Å². The van der Waals surface area contributed by atoms with Crippen LogP contribution < -0.4 is 0 Å². The molecule has 0 radical (unpaired) electrons. The minimum absolute atomic E-state index is 0.0424. The lowest BCUT2D eigenvalue weighted by Gasteiger charge is -2.24. The second-order valence-corrected chi connectivity index (χ2v) is 4.91. The van der Waals surface area contributed by atoms with Gasteiger partial charge in [-0.3, -0.25) is 4.79 Å². The third-order valence-corrected chi connectivity index (χ3v) is 3.62. The van der Waals surface area contributed by atoms with E-state index in [1.54, 1.807) is 24.0 Å². The Kier molecular flexibility index (Phi) is 3.22. The average Bonchev–Trinajstić information content (AvgIpc) is 3.07. The van der Waals surface area contributed by atoms with Crippen molar-refractivity contribution in [2.24, 2.45) is 0 Å². The van der Waals surface area contributed by atoms with E-state index in [2.05, 4.69) is 14.9 Å². The number of aryl methyl sites for hydroxylation is 1. The van der Waals surface area contributed by atoms with Crippen LogP contribution >= 0.6 is 0 Å². The molecule has 104 valence electrons. The summed E-state index contributed by atoms with van der Waals surface area (Å²) in [6, 6.07) is 6.23. The Hall–Kier alpha value is -2.24. The van der Waals surface area contributed by atoms with Gasteiger partial charge in [-0.05, 0) is 42.6 Å². The summed E-state index contributed by atoms with van der Waals surface area (Å²) in [5.74, 6) is -0.461. The van der Waals surface area contributed by atoms with Crippen molar-refractivity contribution in [3.63, 3.8) is 0 Å². The molecule has 20 heavy (non-hydrogen) atoms. The highest BCUT2D eigenvalue weighted by atomic mass is 19.1. The van der Waals surface area contributed by atoms with Gasteiger partial charge >= 0.3 is 0 Å². The van der Waals surface area contributed by atoms with Gasteiger partial charge in [-0.2, -0.15) is 0 Å². The second kappa shape index (κ2) is 5.03. The van der Waals surface area contributed by atoms with Gasteiger partial charge in [0.15, 0.2) is 5.69 Å². The normalized spacial score (nSPS) is 18.5. The molecule has 1 aromatic heterocycles. The Balaban J connectivity index is 1.87. The summed E-state index contributed by atoms with van der Waals surface area (Å²) >= 11 is 0. The molecule has 1 fully saturated rings. The van der Waals surface area contributed by atoms with Crippen LogP contribution in [0.2, 0.25) is 0 Å². The standard InChI is InChI=1S/C14H14FN3O2/c1-9-13(17-20-16-9)14(19)18-8-2-3-12(18)10-4-6-11(15)7-5-10/h4-7,12H,2-3,8H2,1H3. The van der Waals surface area contributed by atoms with Crippen LogP contribution in [0.25, 0.3) is 0 Å². The third-order valence-electron chi connectivity index (χ3n) is 3.62. The van der Waals surface area contributed by atoms with E-state index in [1.165, 1.54) is 12.1 Å². The highest BCUT2D eigenvalue weighted by molar-refractivity contribution is 5.93. The summed E-state index contributed by atoms with van der Waals surface area (Å²) in [5, 5.41) is 7.30. The predicted molar refractivity (Wildman–Crippen MR) is 68.4 cm³/mol. The molecule has 0 aliphatic carbocycles. The summed E-state index contributed by atoms with van der Waals surface area (Å²) in [4.78, 5) is 14.2. The van der Waals surface area contributed by atoms with Crippen molar-refractivity contribution in [3.8, 4) is 0 Å². The molecule has 2 aromatic rings. The first-order valence-electron chi connectivity index (χ1n) is 6.52. The van der Waals surface area contributed by atoms with Crippen LogP contribution in [-0.2, 0) is 0 Å². The fraction of sp³-hybridized carbons (Fsp3) is 0.357. The van der Waals surface area contributed by atoms with Crippen LogP contribution in [0.5, 0.6) is 0 Å². The summed E-state index contributed by atoms with van der Waals surface area (Å²) in [7, 11) is 0. The molecule has 1 aliphatic heterocycles. The number of hydrogen-bond donors (Lipinski definition) is 0. The van der Waals surface area contributed by atoms with Crippen molar-refractivity contribution in [2.75, 3.05) is 6.54 Å². The SMILES string of the molecule is Cc1nonc1C(=O)N1CCCC1c1ccc(F)cc1. The van der Waals surface area contributed by atoms with Crippen molar-refractivity contribution >= 4 is 5.91 Å². The lowest BCUT2D eigenvalue weighted by atomic mass is 10.0. The Bertz CT molecular complexity index is 624. The van der Waals surface area contributed by atoms with Crippen LogP contribution in [0, 0.1) is 12.7 Å². The lowest BCUT2D eigenvalue weighted by Crippen LogP contribution is -2.31. The average molecular weight is 275 g/mol. The fourth-order valence-corrected chi connectivity index (χ4v) is 2.60. The molecule has 2 heterocycles. The maximum Gasteiger partial charge on any atom is 0.278 e. The van der Waals surface area contributed by atoms with Gasteiger partial charge in [-0.1, -0.05) is 17.3 Å². The Morgan fingerprint density at radius 3 is 2.75 bits per heavy atom. The third kappa shape index (κ3) is 2.17. The smallest absolute Gasteiger partial charge is 0.278 e. The molecule has 5 nitrogen and oxygen atoms in total. The van der Waals surface area contributed by atoms with Gasteiger partial charge in [-0.25, -0.2) is 9.02 Å². The Morgan fingerprint density at radius 1 is 1.35 bits per heavy atom. The minimum atomic E-state index is -0.277. The van der Waals surface area contributed by atoms with E-state index in [9.17, 15) is 9.18 Å². The molecule has 6 heteroatoms. The molecule has 0 bridgehead atoms. The van der Waals surface area contributed by atoms with E-state index in [0.29, 0.717) is 12.2 Å². The van der Waals surface area contributed by atoms with Crippen LogP contribution in [0.3, 0.4) is 0 Å². The number of nitrogens with zero attached hydrogens (tertiary/aromatic N) is 3. The number of amides is 1. The highest BCUT2D eigenvalue weighted by Crippen LogP contribution is 2.33. The van der Waals surface area contributed by atoms with Gasteiger partial charge in [0.05, 0.1) is 6.04 Å². The molecular formula is C14H14FN3O2. The van der Waals surface area contributed by atoms with Crippen molar-refractivity contribution in [3.05, 3.63) is 47.0 Å².